The van der Waals surface area contributed by atoms with Crippen LogP contribution in [0.15, 0.2) is 34.1 Å². The smallest absolute Gasteiger partial charge is 0.337 e. The van der Waals surface area contributed by atoms with E-state index in [9.17, 15) is 43.8 Å². The molecule has 138 valence electrons. The van der Waals surface area contributed by atoms with Crippen molar-refractivity contribution in [2.75, 3.05) is 0 Å². The highest BCUT2D eigenvalue weighted by Crippen LogP contribution is 2.39. The van der Waals surface area contributed by atoms with Gasteiger partial charge in [-0.2, -0.15) is 0 Å². The van der Waals surface area contributed by atoms with E-state index in [1.807, 2.05) is 0 Å². The Morgan fingerprint density at radius 3 is 1.74 bits per heavy atom. The first-order chi connectivity index (χ1) is 12.7. The van der Waals surface area contributed by atoms with Crippen molar-refractivity contribution in [2.24, 2.45) is 0 Å². The molecule has 0 aliphatic carbocycles. The molecule has 0 fully saturated rings. The van der Waals surface area contributed by atoms with Gasteiger partial charge in [-0.25, -0.2) is 23.4 Å². The van der Waals surface area contributed by atoms with Crippen LogP contribution in [0.5, 0.6) is 0 Å². The first kappa shape index (κ1) is 18.3. The maximum atomic E-state index is 13.0. The number of carboxylic acid groups (broad SMARTS) is 4. The molecular formula is C17H10O9S. The topological polar surface area (TPSA) is 166 Å². The summed E-state index contributed by atoms with van der Waals surface area (Å²) in [5.41, 5.74) is -4.06. The van der Waals surface area contributed by atoms with Crippen LogP contribution < -0.4 is 0 Å². The van der Waals surface area contributed by atoms with Crippen LogP contribution in [-0.2, 0) is 17.2 Å². The molecule has 3 rings (SSSR count). The van der Waals surface area contributed by atoms with E-state index in [-0.39, 0.29) is 16.9 Å². The lowest BCUT2D eigenvalue weighted by Gasteiger charge is -2.24. The molecule has 1 heterocycles. The van der Waals surface area contributed by atoms with Crippen molar-refractivity contribution in [1.29, 1.82) is 0 Å². The zero-order valence-electron chi connectivity index (χ0n) is 13.3. The second-order valence-electron chi connectivity index (χ2n) is 5.58. The Hall–Kier alpha value is -3.53. The molecule has 10 heteroatoms. The third-order valence-corrected chi connectivity index (χ3v) is 5.75. The van der Waals surface area contributed by atoms with Crippen molar-refractivity contribution in [2.45, 2.75) is 16.2 Å². The lowest BCUT2D eigenvalue weighted by atomic mass is 9.88. The van der Waals surface area contributed by atoms with Crippen LogP contribution in [0.4, 0.5) is 0 Å². The molecule has 2 aromatic carbocycles. The van der Waals surface area contributed by atoms with Crippen molar-refractivity contribution in [1.82, 2.24) is 0 Å². The Labute approximate surface area is 153 Å². The maximum absolute atomic E-state index is 13.0. The van der Waals surface area contributed by atoms with Gasteiger partial charge in [0.25, 0.3) is 0 Å². The van der Waals surface area contributed by atoms with Gasteiger partial charge in [0.15, 0.2) is 0 Å². The summed E-state index contributed by atoms with van der Waals surface area (Å²) in [4.78, 5) is 46.5. The van der Waals surface area contributed by atoms with Gasteiger partial charge in [0, 0.05) is 11.3 Å². The number of carboxylic acids is 4. The van der Waals surface area contributed by atoms with Gasteiger partial charge in [0.2, 0.25) is 0 Å². The molecule has 0 aromatic heterocycles. The molecule has 0 radical (unpaired) electrons. The van der Waals surface area contributed by atoms with E-state index in [4.69, 9.17) is 0 Å². The van der Waals surface area contributed by atoms with Crippen LogP contribution in [0, 0.1) is 0 Å². The molecule has 1 unspecified atom stereocenters. The predicted octanol–water partition coefficient (Wildman–Crippen LogP) is 1.55. The first-order valence-electron chi connectivity index (χ1n) is 7.32. The molecule has 0 saturated heterocycles. The summed E-state index contributed by atoms with van der Waals surface area (Å²) >= 11 is 0. The molecule has 0 bridgehead atoms. The molecule has 9 nitrogen and oxygen atoms in total. The molecule has 1 aliphatic rings. The summed E-state index contributed by atoms with van der Waals surface area (Å²) in [6.07, 6.45) is -0.195. The fourth-order valence-electron chi connectivity index (χ4n) is 3.15. The quantitative estimate of drug-likeness (QED) is 0.517. The molecule has 1 atom stereocenters. The number of benzene rings is 2. The second kappa shape index (κ2) is 6.32. The van der Waals surface area contributed by atoms with Gasteiger partial charge >= 0.3 is 23.9 Å². The highest BCUT2D eigenvalue weighted by atomic mass is 32.2. The Morgan fingerprint density at radius 1 is 0.741 bits per heavy atom. The number of hydrogen-bond acceptors (Lipinski definition) is 5. The van der Waals surface area contributed by atoms with E-state index in [2.05, 4.69) is 0 Å². The largest absolute Gasteiger partial charge is 0.478 e. The van der Waals surface area contributed by atoms with Crippen LogP contribution in [0.3, 0.4) is 0 Å². The predicted molar refractivity (Wildman–Crippen MR) is 88.2 cm³/mol. The Balaban J connectivity index is 2.59. The Morgan fingerprint density at radius 2 is 1.22 bits per heavy atom. The minimum atomic E-state index is -2.20. The summed E-state index contributed by atoms with van der Waals surface area (Å²) in [7, 11) is -2.20. The summed E-state index contributed by atoms with van der Waals surface area (Å²) in [6, 6.07) is 6.15. The molecule has 0 spiro atoms. The lowest BCUT2D eigenvalue weighted by molar-refractivity contribution is 0.0616. The van der Waals surface area contributed by atoms with E-state index < -0.39 is 61.8 Å². The van der Waals surface area contributed by atoms with Crippen LogP contribution >= 0.6 is 0 Å². The molecule has 0 amide bonds. The van der Waals surface area contributed by atoms with Crippen molar-refractivity contribution < 1.29 is 43.8 Å². The van der Waals surface area contributed by atoms with E-state index in [0.29, 0.717) is 5.56 Å². The standard InChI is InChI=1S/C17H10O9S/c18-14(19)9-7-5-6-3-1-2-4-8(6)27(26)13(7)12(17(24)25)11(16(22)23)10(9)15(20)21/h1-4H,5H2,(H,18,19)(H,20,21)(H,22,23)(H,24,25). The van der Waals surface area contributed by atoms with Crippen molar-refractivity contribution in [3.8, 4) is 0 Å². The Kier molecular flexibility index (Phi) is 4.28. The van der Waals surface area contributed by atoms with E-state index in [1.54, 1.807) is 18.2 Å². The van der Waals surface area contributed by atoms with Crippen molar-refractivity contribution in [3.05, 3.63) is 57.6 Å². The summed E-state index contributed by atoms with van der Waals surface area (Å²) in [5.74, 6) is -7.40. The number of rotatable bonds is 4. The third-order valence-electron chi connectivity index (χ3n) is 4.13. The number of aromatic carboxylic acids is 4. The molecule has 27 heavy (non-hydrogen) atoms. The molecule has 4 N–H and O–H groups in total. The summed E-state index contributed by atoms with van der Waals surface area (Å²) in [5, 5.41) is 37.9. The number of fused-ring (bicyclic) bond motifs is 2. The zero-order chi connectivity index (χ0) is 20.0. The maximum Gasteiger partial charge on any atom is 0.337 e. The van der Waals surface area contributed by atoms with Crippen molar-refractivity contribution in [3.63, 3.8) is 0 Å². The van der Waals surface area contributed by atoms with Crippen LogP contribution in [0.25, 0.3) is 0 Å². The minimum Gasteiger partial charge on any atom is -0.478 e. The van der Waals surface area contributed by atoms with Crippen LogP contribution in [0.1, 0.15) is 52.6 Å². The Bertz CT molecular complexity index is 1080. The third kappa shape index (κ3) is 2.66. The average molecular weight is 390 g/mol. The monoisotopic (exact) mass is 390 g/mol. The molecule has 2 aromatic rings. The summed E-state index contributed by atoms with van der Waals surface area (Å²) in [6.45, 7) is 0. The van der Waals surface area contributed by atoms with Crippen LogP contribution in [0.2, 0.25) is 0 Å². The molecule has 0 saturated carbocycles. The average Bonchev–Trinajstić information content (AvgIpc) is 2.59. The highest BCUT2D eigenvalue weighted by molar-refractivity contribution is 7.85. The highest BCUT2D eigenvalue weighted by Gasteiger charge is 2.40. The SMILES string of the molecule is O=C(O)c1c2c(c(C(=O)O)c(C(=O)O)c1C(=O)O)S(=O)c1ccccc1C2. The molecule has 1 aliphatic heterocycles. The van der Waals surface area contributed by atoms with Gasteiger partial charge in [-0.15, -0.1) is 0 Å². The summed E-state index contributed by atoms with van der Waals surface area (Å²) < 4.78 is 13.0. The van der Waals surface area contributed by atoms with E-state index >= 15 is 0 Å². The number of carbonyl (C=O) groups is 4. The molecular weight excluding hydrogens is 380 g/mol. The number of hydrogen-bond donors (Lipinski definition) is 4. The van der Waals surface area contributed by atoms with E-state index in [1.165, 1.54) is 6.07 Å². The van der Waals surface area contributed by atoms with Gasteiger partial charge < -0.3 is 20.4 Å². The normalized spacial score (nSPS) is 14.7. The zero-order valence-corrected chi connectivity index (χ0v) is 14.1. The van der Waals surface area contributed by atoms with E-state index in [0.717, 1.165) is 0 Å². The fraction of sp³-hybridized carbons (Fsp3) is 0.0588. The van der Waals surface area contributed by atoms with Crippen molar-refractivity contribution >= 4 is 34.7 Å². The van der Waals surface area contributed by atoms with Crippen LogP contribution in [-0.4, -0.2) is 48.5 Å². The van der Waals surface area contributed by atoms with Gasteiger partial charge in [0.05, 0.1) is 37.9 Å². The van der Waals surface area contributed by atoms with Gasteiger partial charge in [-0.1, -0.05) is 18.2 Å². The minimum absolute atomic E-state index is 0.195. The lowest BCUT2D eigenvalue weighted by Crippen LogP contribution is -2.26. The second-order valence-corrected chi connectivity index (χ2v) is 6.97. The van der Waals surface area contributed by atoms with Gasteiger partial charge in [0.1, 0.15) is 0 Å². The van der Waals surface area contributed by atoms with Gasteiger partial charge in [-0.05, 0) is 17.2 Å². The van der Waals surface area contributed by atoms with Gasteiger partial charge in [-0.3, -0.25) is 0 Å². The first-order valence-corrected chi connectivity index (χ1v) is 8.47. The fourth-order valence-corrected chi connectivity index (χ4v) is 4.72.